The second-order valence-electron chi connectivity index (χ2n) is 5.89. The molecule has 0 aromatic carbocycles. The van der Waals surface area contributed by atoms with Gasteiger partial charge in [-0.15, -0.1) is 0 Å². The number of hydrogen-bond acceptors (Lipinski definition) is 1. The van der Waals surface area contributed by atoms with Gasteiger partial charge in [-0.05, 0) is 44.6 Å². The Morgan fingerprint density at radius 3 is 2.42 bits per heavy atom. The van der Waals surface area contributed by atoms with Crippen LogP contribution in [-0.4, -0.2) is 18.8 Å². The molecule has 1 atom stereocenters. The first kappa shape index (κ1) is 16.8. The highest BCUT2D eigenvalue weighted by molar-refractivity contribution is 4.73. The van der Waals surface area contributed by atoms with Crippen LogP contribution in [0.3, 0.4) is 0 Å². The first-order valence-corrected chi connectivity index (χ1v) is 7.81. The summed E-state index contributed by atoms with van der Waals surface area (Å²) in [4.78, 5) is 0. The highest BCUT2D eigenvalue weighted by Crippen LogP contribution is 2.30. The molecular weight excluding hydrogens is 251 g/mol. The molecule has 1 rings (SSSR count). The number of halogens is 3. The summed E-state index contributed by atoms with van der Waals surface area (Å²) in [6, 6.07) is 0.280. The van der Waals surface area contributed by atoms with Crippen molar-refractivity contribution < 1.29 is 13.2 Å². The Hall–Kier alpha value is -0.250. The topological polar surface area (TPSA) is 12.0 Å². The summed E-state index contributed by atoms with van der Waals surface area (Å²) < 4.78 is 36.5. The second kappa shape index (κ2) is 8.83. The van der Waals surface area contributed by atoms with Crippen molar-refractivity contribution in [1.29, 1.82) is 0 Å². The van der Waals surface area contributed by atoms with Crippen LogP contribution >= 0.6 is 0 Å². The van der Waals surface area contributed by atoms with Gasteiger partial charge in [0, 0.05) is 12.5 Å². The van der Waals surface area contributed by atoms with E-state index in [1.165, 1.54) is 32.1 Å². The predicted molar refractivity (Wildman–Crippen MR) is 73.2 cm³/mol. The number of alkyl halides is 3. The van der Waals surface area contributed by atoms with Crippen molar-refractivity contribution in [3.05, 3.63) is 0 Å². The largest absolute Gasteiger partial charge is 0.389 e. The lowest BCUT2D eigenvalue weighted by atomic mass is 9.96. The molecule has 1 fully saturated rings. The third-order valence-corrected chi connectivity index (χ3v) is 4.09. The summed E-state index contributed by atoms with van der Waals surface area (Å²) in [5.41, 5.74) is 0. The van der Waals surface area contributed by atoms with Gasteiger partial charge >= 0.3 is 6.18 Å². The summed E-state index contributed by atoms with van der Waals surface area (Å²) in [5.74, 6) is 0.827. The van der Waals surface area contributed by atoms with Gasteiger partial charge in [-0.1, -0.05) is 32.6 Å². The van der Waals surface area contributed by atoms with E-state index in [0.29, 0.717) is 6.42 Å². The Morgan fingerprint density at radius 2 is 1.84 bits per heavy atom. The van der Waals surface area contributed by atoms with Gasteiger partial charge < -0.3 is 5.32 Å². The molecule has 4 heteroatoms. The van der Waals surface area contributed by atoms with Crippen LogP contribution in [0, 0.1) is 5.92 Å². The van der Waals surface area contributed by atoms with Crippen molar-refractivity contribution in [2.24, 2.45) is 5.92 Å². The maximum absolute atomic E-state index is 12.2. The molecular formula is C15H28F3N. The third-order valence-electron chi connectivity index (χ3n) is 4.09. The van der Waals surface area contributed by atoms with Gasteiger partial charge in [0.1, 0.15) is 0 Å². The van der Waals surface area contributed by atoms with Crippen molar-refractivity contribution in [3.63, 3.8) is 0 Å². The zero-order valence-electron chi connectivity index (χ0n) is 12.1. The van der Waals surface area contributed by atoms with Crippen molar-refractivity contribution in [1.82, 2.24) is 5.32 Å². The Bertz CT molecular complexity index is 222. The van der Waals surface area contributed by atoms with Crippen LogP contribution in [0.5, 0.6) is 0 Å². The van der Waals surface area contributed by atoms with Crippen LogP contribution in [0.2, 0.25) is 0 Å². The van der Waals surface area contributed by atoms with E-state index in [9.17, 15) is 13.2 Å². The summed E-state index contributed by atoms with van der Waals surface area (Å²) in [6.07, 6.45) is 4.88. The molecule has 114 valence electrons. The lowest BCUT2D eigenvalue weighted by Crippen LogP contribution is -2.30. The smallest absolute Gasteiger partial charge is 0.314 e. The quantitative estimate of drug-likeness (QED) is 0.622. The molecule has 0 bridgehead atoms. The number of rotatable bonds is 9. The highest BCUT2D eigenvalue weighted by atomic mass is 19.4. The van der Waals surface area contributed by atoms with Gasteiger partial charge in [0.25, 0.3) is 0 Å². The van der Waals surface area contributed by atoms with Crippen LogP contribution in [-0.2, 0) is 0 Å². The van der Waals surface area contributed by atoms with Gasteiger partial charge in [-0.3, -0.25) is 0 Å². The monoisotopic (exact) mass is 279 g/mol. The fourth-order valence-corrected chi connectivity index (χ4v) is 2.98. The second-order valence-corrected chi connectivity index (χ2v) is 5.89. The van der Waals surface area contributed by atoms with Crippen LogP contribution in [0.15, 0.2) is 0 Å². The summed E-state index contributed by atoms with van der Waals surface area (Å²) in [6.45, 7) is 3.01. The summed E-state index contributed by atoms with van der Waals surface area (Å²) in [5, 5.41) is 3.41. The molecule has 0 spiro atoms. The Labute approximate surface area is 115 Å². The molecule has 0 amide bonds. The van der Waals surface area contributed by atoms with Crippen molar-refractivity contribution in [3.8, 4) is 0 Å². The minimum absolute atomic E-state index is 0.259. The van der Waals surface area contributed by atoms with E-state index in [0.717, 1.165) is 25.3 Å². The molecule has 0 saturated heterocycles. The molecule has 1 N–H and O–H groups in total. The Balaban J connectivity index is 2.20. The average Bonchev–Trinajstić information content (AvgIpc) is 2.83. The first-order chi connectivity index (χ1) is 9.01. The third kappa shape index (κ3) is 8.51. The molecule has 1 saturated carbocycles. The fourth-order valence-electron chi connectivity index (χ4n) is 2.98. The normalized spacial score (nSPS) is 18.9. The van der Waals surface area contributed by atoms with Gasteiger partial charge in [-0.2, -0.15) is 13.2 Å². The van der Waals surface area contributed by atoms with Gasteiger partial charge in [-0.25, -0.2) is 0 Å². The van der Waals surface area contributed by atoms with Crippen LogP contribution < -0.4 is 5.32 Å². The molecule has 0 radical (unpaired) electrons. The molecule has 0 aliphatic heterocycles. The minimum atomic E-state index is -4.00. The average molecular weight is 279 g/mol. The van der Waals surface area contributed by atoms with E-state index in [-0.39, 0.29) is 12.5 Å². The van der Waals surface area contributed by atoms with Crippen molar-refractivity contribution in [2.75, 3.05) is 6.54 Å². The molecule has 0 aromatic heterocycles. The van der Waals surface area contributed by atoms with Gasteiger partial charge in [0.15, 0.2) is 0 Å². The number of nitrogens with one attached hydrogen (secondary N) is 1. The zero-order valence-corrected chi connectivity index (χ0v) is 12.1. The maximum Gasteiger partial charge on any atom is 0.389 e. The predicted octanol–water partition coefficient (Wildman–Crippen LogP) is 5.06. The van der Waals surface area contributed by atoms with E-state index in [4.69, 9.17) is 0 Å². The van der Waals surface area contributed by atoms with Gasteiger partial charge in [0.2, 0.25) is 0 Å². The lowest BCUT2D eigenvalue weighted by molar-refractivity contribution is -0.135. The molecule has 1 unspecified atom stereocenters. The van der Waals surface area contributed by atoms with Gasteiger partial charge in [0.05, 0.1) is 0 Å². The lowest BCUT2D eigenvalue weighted by Gasteiger charge is -2.20. The first-order valence-electron chi connectivity index (χ1n) is 7.81. The van der Waals surface area contributed by atoms with E-state index >= 15 is 0 Å². The zero-order chi connectivity index (χ0) is 14.1. The standard InChI is InChI=1S/C15H28F3N/c1-2-12-19-14(8-5-11-15(16,17)18)10-9-13-6-3-4-7-13/h13-14,19H,2-12H2,1H3. The Morgan fingerprint density at radius 1 is 1.16 bits per heavy atom. The molecule has 0 aromatic rings. The van der Waals surface area contributed by atoms with Crippen molar-refractivity contribution >= 4 is 0 Å². The van der Waals surface area contributed by atoms with Crippen molar-refractivity contribution in [2.45, 2.75) is 83.4 Å². The van der Waals surface area contributed by atoms with Crippen LogP contribution in [0.4, 0.5) is 13.2 Å². The van der Waals surface area contributed by atoms with E-state index in [1.807, 2.05) is 0 Å². The van der Waals surface area contributed by atoms with Crippen LogP contribution in [0.25, 0.3) is 0 Å². The maximum atomic E-state index is 12.2. The molecule has 1 nitrogen and oxygen atoms in total. The molecule has 0 heterocycles. The molecule has 19 heavy (non-hydrogen) atoms. The van der Waals surface area contributed by atoms with Crippen LogP contribution in [0.1, 0.15) is 71.1 Å². The highest BCUT2D eigenvalue weighted by Gasteiger charge is 2.26. The molecule has 1 aliphatic rings. The molecule has 1 aliphatic carbocycles. The minimum Gasteiger partial charge on any atom is -0.314 e. The Kier molecular flexibility index (Phi) is 7.81. The number of hydrogen-bond donors (Lipinski definition) is 1. The summed E-state index contributed by atoms with van der Waals surface area (Å²) >= 11 is 0. The van der Waals surface area contributed by atoms with E-state index in [2.05, 4.69) is 12.2 Å². The van der Waals surface area contributed by atoms with E-state index < -0.39 is 12.6 Å². The fraction of sp³-hybridized carbons (Fsp3) is 1.00. The SMILES string of the molecule is CCCNC(CCCC(F)(F)F)CCC1CCCC1. The summed E-state index contributed by atoms with van der Waals surface area (Å²) in [7, 11) is 0. The van der Waals surface area contributed by atoms with E-state index in [1.54, 1.807) is 0 Å².